The summed E-state index contributed by atoms with van der Waals surface area (Å²) < 4.78 is 45.7. The van der Waals surface area contributed by atoms with Gasteiger partial charge in [-0.2, -0.15) is 0 Å². The minimum atomic E-state index is -2.12. The largest absolute Gasteiger partial charge is 0.508 e. The molecule has 3 fully saturated rings. The highest BCUT2D eigenvalue weighted by Gasteiger charge is 2.50. The Hall–Kier alpha value is -5.44. The third-order valence-electron chi connectivity index (χ3n) is 10.8. The third-order valence-corrected chi connectivity index (χ3v) is 10.8. The van der Waals surface area contributed by atoms with Gasteiger partial charge in [-0.25, -0.2) is 4.79 Å². The zero-order valence-corrected chi connectivity index (χ0v) is 33.5. The fraction of sp³-hybridized carbons (Fsp3) is 0.429. The fourth-order valence-electron chi connectivity index (χ4n) is 7.20. The van der Waals surface area contributed by atoms with E-state index in [4.69, 9.17) is 37.6 Å². The molecule has 22 nitrogen and oxygen atoms in total. The maximum Gasteiger partial charge on any atom is 0.331 e. The highest BCUT2D eigenvalue weighted by Crippen LogP contribution is 2.39. The van der Waals surface area contributed by atoms with Crippen molar-refractivity contribution in [3.8, 4) is 40.1 Å². The van der Waals surface area contributed by atoms with Gasteiger partial charge < -0.3 is 98.9 Å². The summed E-state index contributed by atoms with van der Waals surface area (Å²) in [7, 11) is 0. The lowest BCUT2D eigenvalue weighted by Crippen LogP contribution is -2.62. The first-order valence-corrected chi connectivity index (χ1v) is 19.7. The topological polar surface area (TPSA) is 355 Å². The van der Waals surface area contributed by atoms with Crippen LogP contribution in [-0.4, -0.2) is 173 Å². The summed E-state index contributed by atoms with van der Waals surface area (Å²) in [5.41, 5.74) is -0.907. The summed E-state index contributed by atoms with van der Waals surface area (Å²) in [5.74, 6) is -3.47. The van der Waals surface area contributed by atoms with E-state index in [1.54, 1.807) is 0 Å². The predicted octanol–water partition coefficient (Wildman–Crippen LogP) is -1.95. The third kappa shape index (κ3) is 9.64. The Morgan fingerprint density at radius 1 is 0.688 bits per heavy atom. The second-order valence-corrected chi connectivity index (χ2v) is 15.3. The van der Waals surface area contributed by atoms with Crippen molar-refractivity contribution in [2.75, 3.05) is 13.2 Å². The molecule has 64 heavy (non-hydrogen) atoms. The zero-order valence-electron chi connectivity index (χ0n) is 33.5. The van der Waals surface area contributed by atoms with Crippen molar-refractivity contribution in [1.82, 2.24) is 0 Å². The number of rotatable bonds is 12. The lowest BCUT2D eigenvalue weighted by Gasteiger charge is -2.43. The molecule has 1 aromatic heterocycles. The van der Waals surface area contributed by atoms with Gasteiger partial charge in [0.05, 0.1) is 19.3 Å². The van der Waals surface area contributed by atoms with Gasteiger partial charge in [0.2, 0.25) is 23.8 Å². The lowest BCUT2D eigenvalue weighted by atomic mass is 9.98. The van der Waals surface area contributed by atoms with Crippen LogP contribution in [0.3, 0.4) is 0 Å². The van der Waals surface area contributed by atoms with E-state index in [0.717, 1.165) is 18.2 Å². The maximum atomic E-state index is 14.3. The van der Waals surface area contributed by atoms with Crippen LogP contribution in [0.5, 0.6) is 28.7 Å². The number of phenolic OH excluding ortho intramolecular Hbond substituents is 3. The average Bonchev–Trinajstić information content (AvgIpc) is 3.27. The normalized spacial score (nSPS) is 33.2. The van der Waals surface area contributed by atoms with Gasteiger partial charge in [0.25, 0.3) is 0 Å². The number of aliphatic hydroxyl groups excluding tert-OH is 9. The molecule has 3 aliphatic rings. The van der Waals surface area contributed by atoms with E-state index in [2.05, 4.69) is 0 Å². The second kappa shape index (κ2) is 19.3. The molecule has 3 saturated heterocycles. The second-order valence-electron chi connectivity index (χ2n) is 15.3. The van der Waals surface area contributed by atoms with Crippen LogP contribution in [-0.2, 0) is 28.5 Å². The molecule has 22 heteroatoms. The number of hydrogen-bond acceptors (Lipinski definition) is 22. The molecule has 346 valence electrons. The molecule has 4 heterocycles. The number of carbonyl (C=O) groups excluding carboxylic acids is 1. The molecule has 0 radical (unpaired) electrons. The minimum absolute atomic E-state index is 0.0263. The number of hydrogen-bond donors (Lipinski definition) is 12. The van der Waals surface area contributed by atoms with E-state index in [1.165, 1.54) is 61.5 Å². The summed E-state index contributed by atoms with van der Waals surface area (Å²) >= 11 is 0. The Balaban J connectivity index is 1.21. The number of phenols is 3. The summed E-state index contributed by atoms with van der Waals surface area (Å²) in [6.45, 7) is -0.0756. The quantitative estimate of drug-likeness (QED) is 0.0543. The summed E-state index contributed by atoms with van der Waals surface area (Å²) in [4.78, 5) is 27.4. The van der Waals surface area contributed by atoms with E-state index >= 15 is 0 Å². The van der Waals surface area contributed by atoms with Crippen LogP contribution < -0.4 is 14.9 Å². The van der Waals surface area contributed by atoms with Gasteiger partial charge in [-0.15, -0.1) is 0 Å². The summed E-state index contributed by atoms with van der Waals surface area (Å²) in [6, 6.07) is 12.8. The van der Waals surface area contributed by atoms with Crippen LogP contribution in [0.25, 0.3) is 28.4 Å². The van der Waals surface area contributed by atoms with Gasteiger partial charge >= 0.3 is 5.97 Å². The molecule has 15 atom stereocenters. The SMILES string of the molecule is C[C@@H]1O[C@@H](OC[C@H]2O[C@@H](Oc3c(-c4ccc(O)cc4)oc4cc(O[C@@H]5O[C@@H](CO)[C@@H](O)[C@H](O)[C@@H]5O)cc(O)c4c3=O)C(O)[C@H](O)[C@H]2OC(=O)/C=C\c2ccc(O)cc2)[C@H](O)[C@@H](O)[C@H]1O. The van der Waals surface area contributed by atoms with Crippen molar-refractivity contribution in [3.05, 3.63) is 82.5 Å². The molecule has 0 spiro atoms. The molecule has 7 rings (SSSR count). The van der Waals surface area contributed by atoms with Crippen LogP contribution in [0.15, 0.2) is 76.0 Å². The number of fused-ring (bicyclic) bond motifs is 1. The lowest BCUT2D eigenvalue weighted by molar-refractivity contribution is -0.319. The first-order valence-electron chi connectivity index (χ1n) is 19.7. The van der Waals surface area contributed by atoms with Gasteiger partial charge in [0, 0.05) is 23.8 Å². The van der Waals surface area contributed by atoms with Gasteiger partial charge in [-0.3, -0.25) is 4.79 Å². The monoisotopic (exact) mass is 902 g/mol. The van der Waals surface area contributed by atoms with Crippen molar-refractivity contribution in [1.29, 1.82) is 0 Å². The molecule has 1 unspecified atom stereocenters. The van der Waals surface area contributed by atoms with E-state index in [9.17, 15) is 70.9 Å². The number of aliphatic hydroxyl groups is 9. The Morgan fingerprint density at radius 3 is 1.95 bits per heavy atom. The van der Waals surface area contributed by atoms with Crippen molar-refractivity contribution < 1.29 is 104 Å². The predicted molar refractivity (Wildman–Crippen MR) is 212 cm³/mol. The van der Waals surface area contributed by atoms with Gasteiger partial charge in [0.15, 0.2) is 18.2 Å². The van der Waals surface area contributed by atoms with Crippen molar-refractivity contribution in [2.45, 2.75) is 99.0 Å². The Morgan fingerprint density at radius 2 is 1.28 bits per heavy atom. The van der Waals surface area contributed by atoms with Crippen LogP contribution in [0.2, 0.25) is 0 Å². The molecular formula is C42H46O22. The van der Waals surface area contributed by atoms with Crippen molar-refractivity contribution >= 4 is 23.0 Å². The van der Waals surface area contributed by atoms with Crippen molar-refractivity contribution in [3.63, 3.8) is 0 Å². The molecule has 3 aromatic carbocycles. The number of carbonyl (C=O) groups is 1. The fourth-order valence-corrected chi connectivity index (χ4v) is 7.20. The van der Waals surface area contributed by atoms with E-state index in [-0.39, 0.29) is 28.4 Å². The summed E-state index contributed by atoms with van der Waals surface area (Å²) in [6.07, 6.45) is -23.2. The number of aromatic hydroxyl groups is 3. The van der Waals surface area contributed by atoms with E-state index in [0.29, 0.717) is 5.56 Å². The smallest absolute Gasteiger partial charge is 0.331 e. The highest BCUT2D eigenvalue weighted by atomic mass is 16.7. The standard InChI is InChI=1S/C42H46O22/c1-16-28(48)31(51)34(54)40(58-16)57-15-25-38(63-26(47)11-4-17-2-7-19(44)8-3-17)33(53)36(56)42(62-25)64-39-30(50)27-22(46)12-21(59-41-35(55)32(52)29(49)24(14-43)61-41)13-23(27)60-37(39)18-5-9-20(45)10-6-18/h2-13,16,24-25,28-29,31-36,38,40-46,48-49,51-56H,14-15H2,1H3/b11-4-/t16-,24-,25+,28-,29+,31-,32-,33-,34+,35-,36?,38-,40+,41+,42-/m0/s1. The molecule has 0 bridgehead atoms. The Bertz CT molecular complexity index is 2330. The molecule has 0 amide bonds. The van der Waals surface area contributed by atoms with Gasteiger partial charge in [0.1, 0.15) is 95.0 Å². The first-order chi connectivity index (χ1) is 30.4. The molecule has 12 N–H and O–H groups in total. The minimum Gasteiger partial charge on any atom is -0.508 e. The van der Waals surface area contributed by atoms with E-state index in [1.807, 2.05) is 0 Å². The molecule has 0 aliphatic carbocycles. The van der Waals surface area contributed by atoms with Crippen molar-refractivity contribution in [2.24, 2.45) is 0 Å². The van der Waals surface area contributed by atoms with Gasteiger partial charge in [-0.05, 0) is 55.0 Å². The molecular weight excluding hydrogens is 856 g/mol. The van der Waals surface area contributed by atoms with E-state index < -0.39 is 139 Å². The Labute approximate surface area is 361 Å². The number of esters is 1. The summed E-state index contributed by atoms with van der Waals surface area (Å²) in [5, 5.41) is 125. The molecule has 4 aromatic rings. The number of benzene rings is 3. The van der Waals surface area contributed by atoms with Gasteiger partial charge in [-0.1, -0.05) is 12.1 Å². The molecule has 3 aliphatic heterocycles. The van der Waals surface area contributed by atoms with Crippen LogP contribution in [0, 0.1) is 0 Å². The van der Waals surface area contributed by atoms with Crippen LogP contribution in [0.4, 0.5) is 0 Å². The maximum absolute atomic E-state index is 14.3. The van der Waals surface area contributed by atoms with Crippen LogP contribution >= 0.6 is 0 Å². The zero-order chi connectivity index (χ0) is 46.1. The number of ether oxygens (including phenoxy) is 7. The Kier molecular flexibility index (Phi) is 14.1. The van der Waals surface area contributed by atoms with Crippen LogP contribution in [0.1, 0.15) is 12.5 Å². The average molecular weight is 903 g/mol. The first kappa shape index (κ1) is 46.5. The highest BCUT2D eigenvalue weighted by molar-refractivity contribution is 5.88. The molecule has 0 saturated carbocycles.